The molecule has 4 heteroatoms. The van der Waals surface area contributed by atoms with E-state index in [1.54, 1.807) is 0 Å². The van der Waals surface area contributed by atoms with Crippen molar-refractivity contribution in [3.8, 4) is 161 Å². The number of terminal acetylenes is 4. The fourth-order valence-electron chi connectivity index (χ4n) is 20.4. The molecule has 19 aromatic carbocycles. The third-order valence-corrected chi connectivity index (χ3v) is 27.1. The minimum Gasteiger partial charge on any atom is -0.310 e. The van der Waals surface area contributed by atoms with E-state index in [1.807, 2.05) is 30.3 Å². The first kappa shape index (κ1) is 80.4. The van der Waals surface area contributed by atoms with Crippen molar-refractivity contribution in [2.24, 2.45) is 0 Å². The van der Waals surface area contributed by atoms with Crippen LogP contribution < -0.4 is 9.80 Å². The summed E-state index contributed by atoms with van der Waals surface area (Å²) in [6, 6.07) is 158. The molecule has 2 heterocycles. The Morgan fingerprint density at radius 2 is 0.515 bits per heavy atom. The molecule has 0 bridgehead atoms. The van der Waals surface area contributed by atoms with Gasteiger partial charge in [-0.1, -0.05) is 318 Å². The second-order valence-corrected chi connectivity index (χ2v) is 35.3. The lowest BCUT2D eigenvalue weighted by Gasteiger charge is -2.28. The zero-order chi connectivity index (χ0) is 89.3. The lowest BCUT2D eigenvalue weighted by molar-refractivity contribution is 0.660. The molecule has 2 aliphatic rings. The minimum absolute atomic E-state index is 0.128. The molecule has 620 valence electrons. The highest BCUT2D eigenvalue weighted by molar-refractivity contribution is 6.12. The van der Waals surface area contributed by atoms with E-state index < -0.39 is 0 Å². The van der Waals surface area contributed by atoms with Gasteiger partial charge >= 0.3 is 0 Å². The largest absolute Gasteiger partial charge is 0.310 e. The van der Waals surface area contributed by atoms with E-state index in [4.69, 9.17) is 25.7 Å². The van der Waals surface area contributed by atoms with E-state index in [0.717, 1.165) is 112 Å². The molecule has 0 N–H and O–H groups in total. The Bertz CT molecular complexity index is 8320. The number of anilines is 6. The summed E-state index contributed by atoms with van der Waals surface area (Å²) < 4.78 is 4.73. The number of fused-ring (bicyclic) bond motifs is 12. The molecule has 23 rings (SSSR count). The average Bonchev–Trinajstić information content (AvgIpc) is 1.57. The molecule has 0 saturated heterocycles. The second kappa shape index (κ2) is 33.1. The summed E-state index contributed by atoms with van der Waals surface area (Å²) in [5.74, 6) is 11.1. The molecule has 4 nitrogen and oxygen atoms in total. The van der Waals surface area contributed by atoms with Crippen LogP contribution in [0.15, 0.2) is 437 Å². The lowest BCUT2D eigenvalue weighted by atomic mass is 9.81. The monoisotopic (exact) mass is 1680 g/mol. The van der Waals surface area contributed by atoms with Crippen LogP contribution in [0.25, 0.3) is 155 Å². The number of hydrogen-bond donors (Lipinski definition) is 0. The van der Waals surface area contributed by atoms with E-state index in [-0.39, 0.29) is 10.8 Å². The van der Waals surface area contributed by atoms with Gasteiger partial charge in [-0.2, -0.15) is 0 Å². The van der Waals surface area contributed by atoms with E-state index >= 15 is 0 Å². The maximum Gasteiger partial charge on any atom is 0.0541 e. The van der Waals surface area contributed by atoms with Gasteiger partial charge in [0.1, 0.15) is 0 Å². The van der Waals surface area contributed by atoms with Crippen molar-refractivity contribution in [2.45, 2.75) is 38.5 Å². The number of rotatable bonds is 15. The summed E-state index contributed by atoms with van der Waals surface area (Å²) in [5, 5.41) is 4.97. The summed E-state index contributed by atoms with van der Waals surface area (Å²) in [5.41, 5.74) is 42.5. The predicted molar refractivity (Wildman–Crippen MR) is 556 cm³/mol. The van der Waals surface area contributed by atoms with E-state index in [2.05, 4.69) is 477 Å². The lowest BCUT2D eigenvalue weighted by Crippen LogP contribution is -2.16. The van der Waals surface area contributed by atoms with Gasteiger partial charge in [-0.05, 0) is 292 Å². The summed E-state index contributed by atoms with van der Waals surface area (Å²) in [4.78, 5) is 4.78. The molecular formula is C128H88N4. The minimum atomic E-state index is -0.263. The molecule has 2 aromatic heterocycles. The smallest absolute Gasteiger partial charge is 0.0541 e. The van der Waals surface area contributed by atoms with Crippen molar-refractivity contribution in [1.29, 1.82) is 0 Å². The molecule has 21 aromatic rings. The van der Waals surface area contributed by atoms with Crippen LogP contribution in [-0.2, 0) is 10.8 Å². The van der Waals surface area contributed by atoms with Crippen molar-refractivity contribution >= 4 is 77.7 Å². The van der Waals surface area contributed by atoms with Gasteiger partial charge in [0, 0.05) is 100 Å². The highest BCUT2D eigenvalue weighted by Crippen LogP contribution is 2.55. The molecule has 0 spiro atoms. The van der Waals surface area contributed by atoms with Gasteiger partial charge in [0.15, 0.2) is 0 Å². The Morgan fingerprint density at radius 1 is 0.197 bits per heavy atom. The quantitative estimate of drug-likeness (QED) is 0.0951. The zero-order valence-corrected chi connectivity index (χ0v) is 73.7. The van der Waals surface area contributed by atoms with E-state index in [1.165, 1.54) is 122 Å². The highest BCUT2D eigenvalue weighted by atomic mass is 15.1. The van der Waals surface area contributed by atoms with Gasteiger partial charge < -0.3 is 18.9 Å². The highest BCUT2D eigenvalue weighted by Gasteiger charge is 2.38. The van der Waals surface area contributed by atoms with Crippen molar-refractivity contribution < 1.29 is 0 Å². The summed E-state index contributed by atoms with van der Waals surface area (Å²) in [6.45, 7) is 9.39. The summed E-state index contributed by atoms with van der Waals surface area (Å²) >= 11 is 0. The van der Waals surface area contributed by atoms with Crippen LogP contribution >= 0.6 is 0 Å². The van der Waals surface area contributed by atoms with Crippen LogP contribution in [0.1, 0.15) is 72.2 Å². The van der Waals surface area contributed by atoms with Gasteiger partial charge in [-0.3, -0.25) is 0 Å². The summed E-state index contributed by atoms with van der Waals surface area (Å²) in [6.07, 6.45) is 23.3. The molecule has 0 fully saturated rings. The first-order valence-corrected chi connectivity index (χ1v) is 44.9. The normalized spacial score (nSPS) is 12.3. The van der Waals surface area contributed by atoms with Crippen molar-refractivity contribution in [2.75, 3.05) is 9.80 Å². The Labute approximate surface area is 772 Å². The van der Waals surface area contributed by atoms with E-state index in [0.29, 0.717) is 0 Å². The first-order valence-electron chi connectivity index (χ1n) is 44.9. The molecule has 132 heavy (non-hydrogen) atoms. The Morgan fingerprint density at radius 3 is 1.01 bits per heavy atom. The zero-order valence-electron chi connectivity index (χ0n) is 73.7. The van der Waals surface area contributed by atoms with Crippen LogP contribution in [0.4, 0.5) is 34.1 Å². The van der Waals surface area contributed by atoms with Crippen LogP contribution in [-0.4, -0.2) is 9.13 Å². The molecule has 2 aliphatic carbocycles. The fourth-order valence-corrected chi connectivity index (χ4v) is 20.4. The molecule has 0 radical (unpaired) electrons. The SMILES string of the molecule is C#Cc1ccc(-c2cccc(-c3ccc(N(c4ccc(-c5ccc6c(c5)c5ccccc5n6-c5ccccc5)cc4)c4ccc5c(c4)C(C)(C)c4ccccc4-5)cc3)c2)cc1C#C.C#Cc1cccc(-c2cccc(-c3ccc4c(c3)C(C)(C)c3cc(N(c5ccc(-c6ccccc6)cc5)c5ccc(-c6ccc7c(c6)c6ccccc6n7-c6ccccc6)cc5)ccc3-4)c2)c1C#C. The summed E-state index contributed by atoms with van der Waals surface area (Å²) in [7, 11) is 0. The van der Waals surface area contributed by atoms with Crippen LogP contribution in [0.5, 0.6) is 0 Å². The Kier molecular flexibility index (Phi) is 20.2. The van der Waals surface area contributed by atoms with Crippen LogP contribution in [0.3, 0.4) is 0 Å². The number of nitrogens with zero attached hydrogens (tertiary/aromatic N) is 4. The first-order chi connectivity index (χ1) is 64.8. The van der Waals surface area contributed by atoms with Gasteiger partial charge in [0.05, 0.1) is 22.1 Å². The third kappa shape index (κ3) is 14.1. The fraction of sp³-hybridized carbons (Fsp3) is 0.0469. The Hall–Kier alpha value is -17.4. The third-order valence-electron chi connectivity index (χ3n) is 27.1. The van der Waals surface area contributed by atoms with Crippen LogP contribution in [0, 0.1) is 49.4 Å². The number of para-hydroxylation sites is 4. The van der Waals surface area contributed by atoms with Crippen molar-refractivity contribution in [3.63, 3.8) is 0 Å². The van der Waals surface area contributed by atoms with Gasteiger partial charge in [0.2, 0.25) is 0 Å². The van der Waals surface area contributed by atoms with Gasteiger partial charge in [0.25, 0.3) is 0 Å². The molecular weight excluding hydrogens is 1590 g/mol. The number of hydrogen-bond acceptors (Lipinski definition) is 2. The molecule has 0 saturated carbocycles. The maximum absolute atomic E-state index is 5.99. The van der Waals surface area contributed by atoms with Crippen LogP contribution in [0.2, 0.25) is 0 Å². The molecule has 0 unspecified atom stereocenters. The average molecular weight is 1680 g/mol. The standard InChI is InChI=1S/C67H46N2.C61H42N2/c1-5-45-19-16-25-58(57(45)6-2)52-21-15-20-49(41-52)51-31-38-59-60-39-37-56(44-64(60)67(3,4)63(59)43-51)68(54-33-27-47(28-34-54)46-17-9-7-10-18-46)55-35-29-48(30-36-55)50-32-40-66-62(42-50)61-24-13-14-26-65(61)69(66)53-22-11-8-12-23-53;1-5-41-23-24-47(37-42(41)6-2)46-16-14-15-45(38-46)43-25-30-50(31-26-43)62(52-34-35-54-53-19-10-12-21-57(53)61(3,4)58(54)40-52)51-32-27-44(28-33-51)48-29-36-60-56(39-48)55-20-11-13-22-59(55)63(60)49-17-8-7-9-18-49/h1-2,7-44H,3-4H3;1-2,7-40H,3-4H3. The number of benzene rings is 19. The topological polar surface area (TPSA) is 16.3 Å². The second-order valence-electron chi connectivity index (χ2n) is 35.3. The van der Waals surface area contributed by atoms with E-state index in [9.17, 15) is 0 Å². The Balaban J connectivity index is 0.000000155. The maximum atomic E-state index is 5.99. The van der Waals surface area contributed by atoms with Gasteiger partial charge in [-0.15, -0.1) is 25.7 Å². The van der Waals surface area contributed by atoms with Crippen molar-refractivity contribution in [1.82, 2.24) is 9.13 Å². The molecule has 0 atom stereocenters. The molecule has 0 amide bonds. The van der Waals surface area contributed by atoms with Crippen molar-refractivity contribution in [3.05, 3.63) is 481 Å². The predicted octanol–water partition coefficient (Wildman–Crippen LogP) is 32.7. The molecule has 0 aliphatic heterocycles. The van der Waals surface area contributed by atoms with Gasteiger partial charge in [-0.25, -0.2) is 0 Å². The number of aromatic nitrogens is 2.